The quantitative estimate of drug-likeness (QED) is 0.475. The fourth-order valence-electron chi connectivity index (χ4n) is 5.40. The van der Waals surface area contributed by atoms with Crippen LogP contribution in [0.4, 0.5) is 4.79 Å². The van der Waals surface area contributed by atoms with Gasteiger partial charge in [-0.3, -0.25) is 9.59 Å². The van der Waals surface area contributed by atoms with Crippen molar-refractivity contribution >= 4 is 17.8 Å². The first-order valence-electron chi connectivity index (χ1n) is 13.2. The summed E-state index contributed by atoms with van der Waals surface area (Å²) in [6, 6.07) is 22.5. The van der Waals surface area contributed by atoms with Crippen LogP contribution < -0.4 is 10.1 Å². The van der Waals surface area contributed by atoms with Gasteiger partial charge in [-0.05, 0) is 29.3 Å². The lowest BCUT2D eigenvalue weighted by Gasteiger charge is -2.54. The van der Waals surface area contributed by atoms with E-state index in [4.69, 9.17) is 4.74 Å². The molecule has 0 bridgehead atoms. The van der Waals surface area contributed by atoms with Gasteiger partial charge in [0.1, 0.15) is 23.7 Å². The molecule has 1 unspecified atom stereocenters. The number of nitrogens with one attached hydrogen (secondary N) is 1. The summed E-state index contributed by atoms with van der Waals surface area (Å²) >= 11 is 0. The van der Waals surface area contributed by atoms with Gasteiger partial charge in [0.15, 0.2) is 0 Å². The van der Waals surface area contributed by atoms with E-state index in [9.17, 15) is 19.5 Å². The van der Waals surface area contributed by atoms with E-state index in [1.54, 1.807) is 53.2 Å². The van der Waals surface area contributed by atoms with Crippen molar-refractivity contribution in [2.75, 3.05) is 27.2 Å². The number of hydrogen-bond donors (Lipinski definition) is 2. The highest BCUT2D eigenvalue weighted by Crippen LogP contribution is 2.30. The molecule has 2 saturated heterocycles. The second-order valence-corrected chi connectivity index (χ2v) is 10.0. The first kappa shape index (κ1) is 27.0. The third kappa shape index (κ3) is 5.57. The summed E-state index contributed by atoms with van der Waals surface area (Å²) in [7, 11) is 3.28. The number of rotatable bonds is 7. The van der Waals surface area contributed by atoms with Crippen LogP contribution in [-0.4, -0.2) is 82.2 Å². The Hall–Kier alpha value is -4.57. The van der Waals surface area contributed by atoms with Crippen molar-refractivity contribution in [1.82, 2.24) is 25.1 Å². The summed E-state index contributed by atoms with van der Waals surface area (Å²) in [4.78, 5) is 44.2. The maximum absolute atomic E-state index is 14.0. The maximum atomic E-state index is 14.0. The van der Waals surface area contributed by atoms with E-state index in [-0.39, 0.29) is 49.7 Å². The molecule has 2 fully saturated rings. The number of amides is 4. The molecule has 10 heteroatoms. The minimum absolute atomic E-state index is 0.0406. The minimum Gasteiger partial charge on any atom is -0.508 e. The largest absolute Gasteiger partial charge is 0.508 e. The van der Waals surface area contributed by atoms with Crippen molar-refractivity contribution in [2.45, 2.75) is 31.7 Å². The van der Waals surface area contributed by atoms with Crippen LogP contribution in [0.2, 0.25) is 0 Å². The first-order valence-corrected chi connectivity index (χ1v) is 13.2. The van der Waals surface area contributed by atoms with Gasteiger partial charge in [-0.15, -0.1) is 0 Å². The lowest BCUT2D eigenvalue weighted by atomic mass is 9.98. The number of piperazine rings is 1. The zero-order valence-electron chi connectivity index (χ0n) is 22.6. The van der Waals surface area contributed by atoms with Crippen molar-refractivity contribution in [3.05, 3.63) is 95.6 Å². The molecule has 2 atom stereocenters. The van der Waals surface area contributed by atoms with E-state index in [1.165, 1.54) is 5.01 Å². The number of hydrogen-bond acceptors (Lipinski definition) is 6. The van der Waals surface area contributed by atoms with Crippen molar-refractivity contribution in [3.63, 3.8) is 0 Å². The highest BCUT2D eigenvalue weighted by Gasteiger charge is 2.50. The van der Waals surface area contributed by atoms with Gasteiger partial charge < -0.3 is 25.0 Å². The predicted octanol–water partition coefficient (Wildman–Crippen LogP) is 2.58. The van der Waals surface area contributed by atoms with Gasteiger partial charge in [0.05, 0.1) is 20.2 Å². The van der Waals surface area contributed by atoms with E-state index in [0.717, 1.165) is 16.7 Å². The number of nitrogens with zero attached hydrogens (tertiary/aromatic N) is 4. The zero-order chi connectivity index (χ0) is 28.2. The molecular weight excluding hydrogens is 510 g/mol. The summed E-state index contributed by atoms with van der Waals surface area (Å²) in [6.07, 6.45) is -0.469. The van der Waals surface area contributed by atoms with E-state index < -0.39 is 12.2 Å². The molecule has 2 aliphatic heterocycles. The predicted molar refractivity (Wildman–Crippen MR) is 148 cm³/mol. The SMILES string of the molecule is COc1ccccc1CN1CC2N(C(=O)CN(C)N2C(=O)NCc2ccccc2)[C@@H](Cc2ccc(O)cc2)C1=O. The van der Waals surface area contributed by atoms with Crippen LogP contribution in [0.5, 0.6) is 11.5 Å². The van der Waals surface area contributed by atoms with Crippen LogP contribution in [0, 0.1) is 0 Å². The molecule has 2 aliphatic rings. The fourth-order valence-corrected chi connectivity index (χ4v) is 5.40. The van der Waals surface area contributed by atoms with Crippen LogP contribution in [0.25, 0.3) is 0 Å². The Balaban J connectivity index is 1.47. The number of ether oxygens (including phenoxy) is 1. The Morgan fingerprint density at radius 1 is 0.975 bits per heavy atom. The molecule has 2 heterocycles. The van der Waals surface area contributed by atoms with Gasteiger partial charge in [-0.1, -0.05) is 60.7 Å². The molecule has 208 valence electrons. The number of carbonyl (C=O) groups excluding carboxylic acids is 3. The Kier molecular flexibility index (Phi) is 7.88. The number of fused-ring (bicyclic) bond motifs is 1. The number of methoxy groups -OCH3 is 1. The minimum atomic E-state index is -0.830. The molecule has 10 nitrogen and oxygen atoms in total. The molecule has 0 radical (unpaired) electrons. The molecule has 0 saturated carbocycles. The fraction of sp³-hybridized carbons (Fsp3) is 0.300. The molecule has 3 aromatic rings. The topological polar surface area (TPSA) is 106 Å². The number of urea groups is 1. The molecule has 0 aliphatic carbocycles. The van der Waals surface area contributed by atoms with Crippen LogP contribution in [0.1, 0.15) is 16.7 Å². The average Bonchev–Trinajstić information content (AvgIpc) is 2.96. The third-order valence-electron chi connectivity index (χ3n) is 7.35. The van der Waals surface area contributed by atoms with E-state index in [0.29, 0.717) is 12.3 Å². The molecule has 4 amide bonds. The summed E-state index contributed by atoms with van der Waals surface area (Å²) in [6.45, 7) is 0.682. The molecule has 5 rings (SSSR count). The van der Waals surface area contributed by atoms with Crippen molar-refractivity contribution in [1.29, 1.82) is 0 Å². The average molecular weight is 544 g/mol. The second kappa shape index (κ2) is 11.7. The number of benzene rings is 3. The summed E-state index contributed by atoms with van der Waals surface area (Å²) < 4.78 is 5.52. The molecule has 0 aromatic heterocycles. The van der Waals surface area contributed by atoms with Gasteiger partial charge in [-0.2, -0.15) is 0 Å². The van der Waals surface area contributed by atoms with E-state index in [2.05, 4.69) is 5.32 Å². The molecular formula is C30H33N5O5. The summed E-state index contributed by atoms with van der Waals surface area (Å²) in [5.74, 6) is 0.333. The van der Waals surface area contributed by atoms with E-state index >= 15 is 0 Å². The molecule has 0 spiro atoms. The summed E-state index contributed by atoms with van der Waals surface area (Å²) in [5, 5.41) is 15.9. The highest BCUT2D eigenvalue weighted by molar-refractivity contribution is 5.91. The number of likely N-dealkylation sites (N-methyl/N-ethyl adjacent to an activating group) is 1. The van der Waals surface area contributed by atoms with Gasteiger partial charge in [0.25, 0.3) is 0 Å². The third-order valence-corrected chi connectivity index (χ3v) is 7.35. The highest BCUT2D eigenvalue weighted by atomic mass is 16.5. The van der Waals surface area contributed by atoms with Gasteiger partial charge >= 0.3 is 6.03 Å². The smallest absolute Gasteiger partial charge is 0.334 e. The number of aromatic hydroxyl groups is 1. The number of phenols is 1. The van der Waals surface area contributed by atoms with Gasteiger partial charge in [0, 0.05) is 32.1 Å². The van der Waals surface area contributed by atoms with Crippen LogP contribution in [0.3, 0.4) is 0 Å². The molecule has 2 N–H and O–H groups in total. The summed E-state index contributed by atoms with van der Waals surface area (Å²) in [5.41, 5.74) is 2.57. The van der Waals surface area contributed by atoms with Gasteiger partial charge in [-0.25, -0.2) is 14.8 Å². The maximum Gasteiger partial charge on any atom is 0.334 e. The lowest BCUT2D eigenvalue weighted by Crippen LogP contribution is -2.76. The normalized spacial score (nSPS) is 19.4. The number of carbonyl (C=O) groups is 3. The van der Waals surface area contributed by atoms with Crippen molar-refractivity contribution < 1.29 is 24.2 Å². The molecule has 3 aromatic carbocycles. The van der Waals surface area contributed by atoms with Crippen molar-refractivity contribution in [3.8, 4) is 11.5 Å². The van der Waals surface area contributed by atoms with Crippen LogP contribution in [-0.2, 0) is 29.1 Å². The Bertz CT molecular complexity index is 1370. The van der Waals surface area contributed by atoms with Crippen molar-refractivity contribution in [2.24, 2.45) is 0 Å². The lowest BCUT2D eigenvalue weighted by molar-refractivity contribution is -0.187. The Labute approximate surface area is 233 Å². The number of para-hydroxylation sites is 1. The van der Waals surface area contributed by atoms with Crippen LogP contribution in [0.15, 0.2) is 78.9 Å². The second-order valence-electron chi connectivity index (χ2n) is 10.0. The Morgan fingerprint density at radius 3 is 2.40 bits per heavy atom. The molecule has 40 heavy (non-hydrogen) atoms. The van der Waals surface area contributed by atoms with Gasteiger partial charge in [0.2, 0.25) is 11.8 Å². The Morgan fingerprint density at radius 2 is 1.68 bits per heavy atom. The standard InChI is InChI=1S/C30H33N5O5/c1-32-20-28(37)34-25(16-21-12-14-24(36)15-13-21)29(38)33(18-23-10-6-7-11-26(23)40-2)19-27(34)35(32)30(39)31-17-22-8-4-3-5-9-22/h3-15,25,27,36H,16-20H2,1-2H3,(H,31,39)/t25-,27?/m0/s1. The number of hydrazine groups is 1. The zero-order valence-corrected chi connectivity index (χ0v) is 22.6. The van der Waals surface area contributed by atoms with Crippen LogP contribution >= 0.6 is 0 Å². The first-order chi connectivity index (χ1) is 19.4. The number of phenolic OH excluding ortho intramolecular Hbond substituents is 1. The monoisotopic (exact) mass is 543 g/mol. The van der Waals surface area contributed by atoms with E-state index in [1.807, 2.05) is 54.6 Å².